The summed E-state index contributed by atoms with van der Waals surface area (Å²) in [7, 11) is 3.98. The van der Waals surface area contributed by atoms with E-state index in [4.69, 9.17) is 0 Å². The van der Waals surface area contributed by atoms with Crippen LogP contribution in [0.4, 0.5) is 0 Å². The monoisotopic (exact) mass is 212 g/mol. The summed E-state index contributed by atoms with van der Waals surface area (Å²) < 4.78 is 0. The van der Waals surface area contributed by atoms with Crippen LogP contribution in [0.5, 0.6) is 0 Å². The number of hydrogen-bond donors (Lipinski definition) is 1. The van der Waals surface area contributed by atoms with Crippen molar-refractivity contribution in [2.75, 3.05) is 46.8 Å². The van der Waals surface area contributed by atoms with Crippen LogP contribution < -0.4 is 5.32 Å². The van der Waals surface area contributed by atoms with E-state index in [-0.39, 0.29) is 11.9 Å². The number of carbonyl (C=O) groups excluding carboxylic acids is 1. The smallest absolute Gasteiger partial charge is 0.254 e. The van der Waals surface area contributed by atoms with Gasteiger partial charge in [0.25, 0.3) is 5.91 Å². The fourth-order valence-electron chi connectivity index (χ4n) is 2.25. The fraction of sp³-hybridized carbons (Fsp3) is 0.900. The minimum Gasteiger partial charge on any atom is -0.309 e. The van der Waals surface area contributed by atoms with Gasteiger partial charge in [-0.1, -0.05) is 0 Å². The van der Waals surface area contributed by atoms with Crippen molar-refractivity contribution in [1.29, 1.82) is 0 Å². The van der Waals surface area contributed by atoms with Gasteiger partial charge < -0.3 is 10.2 Å². The average Bonchev–Trinajstić information content (AvgIpc) is 2.61. The lowest BCUT2D eigenvalue weighted by Crippen LogP contribution is -2.54. The molecule has 1 N–H and O–H groups in total. The summed E-state index contributed by atoms with van der Waals surface area (Å²) in [6.07, 6.45) is 0.932. The number of piperazine rings is 1. The molecule has 0 spiro atoms. The molecule has 5 nitrogen and oxygen atoms in total. The lowest BCUT2D eigenvalue weighted by atomic mass is 10.3. The molecule has 0 bridgehead atoms. The van der Waals surface area contributed by atoms with E-state index in [0.29, 0.717) is 0 Å². The molecule has 0 radical (unpaired) electrons. The zero-order chi connectivity index (χ0) is 10.8. The number of likely N-dealkylation sites (N-methyl/N-ethyl adjacent to an activating group) is 2. The maximum absolute atomic E-state index is 11.9. The Hall–Kier alpha value is -0.650. The molecule has 1 atom stereocenters. The molecule has 2 fully saturated rings. The molecule has 1 amide bonds. The molecule has 0 aromatic rings. The van der Waals surface area contributed by atoms with Crippen LogP contribution in [-0.2, 0) is 4.79 Å². The Bertz CT molecular complexity index is 238. The molecule has 5 heteroatoms. The van der Waals surface area contributed by atoms with Crippen LogP contribution in [0.25, 0.3) is 0 Å². The third-order valence-corrected chi connectivity index (χ3v) is 3.35. The van der Waals surface area contributed by atoms with Crippen molar-refractivity contribution in [3.63, 3.8) is 0 Å². The molecular formula is C10H20N4O. The van der Waals surface area contributed by atoms with E-state index >= 15 is 0 Å². The Kier molecular flexibility index (Phi) is 3.23. The topological polar surface area (TPSA) is 38.8 Å². The molecule has 86 valence electrons. The third kappa shape index (κ3) is 2.14. The number of hydrogen-bond acceptors (Lipinski definition) is 4. The van der Waals surface area contributed by atoms with Crippen molar-refractivity contribution in [3.8, 4) is 0 Å². The van der Waals surface area contributed by atoms with Gasteiger partial charge in [-0.2, -0.15) is 0 Å². The van der Waals surface area contributed by atoms with Gasteiger partial charge >= 0.3 is 0 Å². The van der Waals surface area contributed by atoms with E-state index < -0.39 is 0 Å². The lowest BCUT2D eigenvalue weighted by molar-refractivity contribution is -0.147. The second kappa shape index (κ2) is 4.47. The van der Waals surface area contributed by atoms with Crippen LogP contribution in [0.15, 0.2) is 0 Å². The molecule has 15 heavy (non-hydrogen) atoms. The van der Waals surface area contributed by atoms with Crippen molar-refractivity contribution < 1.29 is 4.79 Å². The average molecular weight is 212 g/mol. The first-order valence-corrected chi connectivity index (χ1v) is 5.64. The summed E-state index contributed by atoms with van der Waals surface area (Å²) in [5, 5.41) is 7.18. The normalized spacial score (nSPS) is 30.1. The van der Waals surface area contributed by atoms with Crippen molar-refractivity contribution in [2.24, 2.45) is 0 Å². The SMILES string of the molecule is CNC1CCN(N2CCN(C)CC2)C1=O. The highest BCUT2D eigenvalue weighted by Crippen LogP contribution is 2.15. The molecule has 0 aromatic heterocycles. The first-order valence-electron chi connectivity index (χ1n) is 5.64. The Morgan fingerprint density at radius 2 is 1.87 bits per heavy atom. The molecule has 0 saturated carbocycles. The minimum absolute atomic E-state index is 0.0321. The minimum atomic E-state index is 0.0321. The molecule has 0 aromatic carbocycles. The van der Waals surface area contributed by atoms with E-state index in [1.807, 2.05) is 12.1 Å². The van der Waals surface area contributed by atoms with Crippen molar-refractivity contribution >= 4 is 5.91 Å². The van der Waals surface area contributed by atoms with Gasteiger partial charge in [0.15, 0.2) is 0 Å². The highest BCUT2D eigenvalue weighted by Gasteiger charge is 2.34. The molecule has 1 unspecified atom stereocenters. The largest absolute Gasteiger partial charge is 0.309 e. The second-order valence-electron chi connectivity index (χ2n) is 4.35. The van der Waals surface area contributed by atoms with Crippen LogP contribution in [-0.4, -0.2) is 73.7 Å². The summed E-state index contributed by atoms with van der Waals surface area (Å²) >= 11 is 0. The molecule has 2 aliphatic heterocycles. The Labute approximate surface area is 91.0 Å². The van der Waals surface area contributed by atoms with Crippen LogP contribution in [0.3, 0.4) is 0 Å². The van der Waals surface area contributed by atoms with Gasteiger partial charge in [0.05, 0.1) is 6.04 Å². The Morgan fingerprint density at radius 3 is 2.40 bits per heavy atom. The highest BCUT2D eigenvalue weighted by molar-refractivity contribution is 5.83. The van der Waals surface area contributed by atoms with E-state index in [2.05, 4.69) is 22.3 Å². The number of carbonyl (C=O) groups is 1. The van der Waals surface area contributed by atoms with Crippen molar-refractivity contribution in [1.82, 2.24) is 20.2 Å². The summed E-state index contributed by atoms with van der Waals surface area (Å²) in [5.74, 6) is 0.238. The highest BCUT2D eigenvalue weighted by atomic mass is 16.2. The zero-order valence-electron chi connectivity index (χ0n) is 9.57. The number of amides is 1. The quantitative estimate of drug-likeness (QED) is 0.635. The van der Waals surface area contributed by atoms with Gasteiger partial charge in [-0.05, 0) is 20.5 Å². The summed E-state index contributed by atoms with van der Waals surface area (Å²) in [6.45, 7) is 4.91. The van der Waals surface area contributed by atoms with Crippen LogP contribution >= 0.6 is 0 Å². The number of hydrazine groups is 1. The predicted molar refractivity (Wildman–Crippen MR) is 58.2 cm³/mol. The Balaban J connectivity index is 1.92. The maximum Gasteiger partial charge on any atom is 0.254 e. The zero-order valence-corrected chi connectivity index (χ0v) is 9.57. The van der Waals surface area contributed by atoms with Gasteiger partial charge in [0.2, 0.25) is 0 Å². The van der Waals surface area contributed by atoms with Gasteiger partial charge in [0, 0.05) is 32.7 Å². The van der Waals surface area contributed by atoms with Gasteiger partial charge in [0.1, 0.15) is 0 Å². The number of nitrogens with zero attached hydrogens (tertiary/aromatic N) is 3. The summed E-state index contributed by atoms with van der Waals surface area (Å²) in [4.78, 5) is 14.2. The molecule has 0 aliphatic carbocycles. The molecule has 2 heterocycles. The summed E-state index contributed by atoms with van der Waals surface area (Å²) in [6, 6.07) is 0.0321. The molecule has 2 saturated heterocycles. The Morgan fingerprint density at radius 1 is 1.20 bits per heavy atom. The first kappa shape index (κ1) is 10.9. The lowest BCUT2D eigenvalue weighted by Gasteiger charge is -2.38. The van der Waals surface area contributed by atoms with Crippen LogP contribution in [0, 0.1) is 0 Å². The predicted octanol–water partition coefficient (Wildman–Crippen LogP) is -1.03. The second-order valence-corrected chi connectivity index (χ2v) is 4.35. The number of nitrogens with one attached hydrogen (secondary N) is 1. The molecular weight excluding hydrogens is 192 g/mol. The van der Waals surface area contributed by atoms with E-state index in [0.717, 1.165) is 39.1 Å². The van der Waals surface area contributed by atoms with E-state index in [1.165, 1.54) is 0 Å². The first-order chi connectivity index (χ1) is 7.22. The maximum atomic E-state index is 11.9. The standard InChI is InChI=1S/C10H20N4O/c1-11-9-3-4-14(10(9)15)13-7-5-12(2)6-8-13/h9,11H,3-8H2,1-2H3. The van der Waals surface area contributed by atoms with Gasteiger partial charge in [-0.25, -0.2) is 5.01 Å². The van der Waals surface area contributed by atoms with Crippen LogP contribution in [0.1, 0.15) is 6.42 Å². The van der Waals surface area contributed by atoms with Crippen LogP contribution in [0.2, 0.25) is 0 Å². The fourth-order valence-corrected chi connectivity index (χ4v) is 2.25. The number of rotatable bonds is 2. The van der Waals surface area contributed by atoms with Crippen molar-refractivity contribution in [2.45, 2.75) is 12.5 Å². The van der Waals surface area contributed by atoms with E-state index in [1.54, 1.807) is 0 Å². The summed E-state index contributed by atoms with van der Waals surface area (Å²) in [5.41, 5.74) is 0. The van der Waals surface area contributed by atoms with E-state index in [9.17, 15) is 4.79 Å². The molecule has 2 aliphatic rings. The van der Waals surface area contributed by atoms with Crippen molar-refractivity contribution in [3.05, 3.63) is 0 Å². The third-order valence-electron chi connectivity index (χ3n) is 3.35. The van der Waals surface area contributed by atoms with Gasteiger partial charge in [-0.3, -0.25) is 9.80 Å². The molecule has 2 rings (SSSR count). The van der Waals surface area contributed by atoms with Gasteiger partial charge in [-0.15, -0.1) is 0 Å².